The fourth-order valence-electron chi connectivity index (χ4n) is 1.51. The van der Waals surface area contributed by atoms with E-state index in [0.29, 0.717) is 18.0 Å². The summed E-state index contributed by atoms with van der Waals surface area (Å²) in [5, 5.41) is 0. The average Bonchev–Trinajstić information content (AvgIpc) is 2.11. The predicted octanol–water partition coefficient (Wildman–Crippen LogP) is 2.20. The highest BCUT2D eigenvalue weighted by atomic mass is 16.5. The summed E-state index contributed by atoms with van der Waals surface area (Å²) in [7, 11) is 0. The number of ether oxygens (including phenoxy) is 1. The molecule has 0 aliphatic carbocycles. The molecule has 0 atom stereocenters. The molecule has 78 valence electrons. The SMILES string of the molecule is CCCc1cc(N)cc(N)c1OCC. The van der Waals surface area contributed by atoms with Crippen molar-refractivity contribution in [1.29, 1.82) is 0 Å². The van der Waals surface area contributed by atoms with Gasteiger partial charge in [0.1, 0.15) is 5.75 Å². The van der Waals surface area contributed by atoms with Crippen molar-refractivity contribution in [3.8, 4) is 5.75 Å². The Balaban J connectivity index is 3.07. The van der Waals surface area contributed by atoms with Crippen molar-refractivity contribution in [1.82, 2.24) is 0 Å². The van der Waals surface area contributed by atoms with Gasteiger partial charge in [-0.3, -0.25) is 0 Å². The zero-order chi connectivity index (χ0) is 10.6. The highest BCUT2D eigenvalue weighted by Gasteiger charge is 2.07. The Morgan fingerprint density at radius 1 is 1.21 bits per heavy atom. The number of nitrogens with two attached hydrogens (primary N) is 2. The molecule has 0 saturated heterocycles. The van der Waals surface area contributed by atoms with Crippen LogP contribution in [0.5, 0.6) is 5.75 Å². The lowest BCUT2D eigenvalue weighted by Gasteiger charge is -2.13. The fraction of sp³-hybridized carbons (Fsp3) is 0.455. The molecule has 0 radical (unpaired) electrons. The lowest BCUT2D eigenvalue weighted by atomic mass is 10.1. The van der Waals surface area contributed by atoms with E-state index >= 15 is 0 Å². The van der Waals surface area contributed by atoms with E-state index in [1.54, 1.807) is 6.07 Å². The zero-order valence-corrected chi connectivity index (χ0v) is 8.84. The van der Waals surface area contributed by atoms with Gasteiger partial charge in [-0.1, -0.05) is 13.3 Å². The minimum atomic E-state index is 0.630. The van der Waals surface area contributed by atoms with E-state index < -0.39 is 0 Å². The van der Waals surface area contributed by atoms with Gasteiger partial charge in [0.25, 0.3) is 0 Å². The van der Waals surface area contributed by atoms with E-state index in [0.717, 1.165) is 24.2 Å². The molecular weight excluding hydrogens is 176 g/mol. The van der Waals surface area contributed by atoms with E-state index in [9.17, 15) is 0 Å². The van der Waals surface area contributed by atoms with Crippen molar-refractivity contribution >= 4 is 11.4 Å². The number of rotatable bonds is 4. The van der Waals surface area contributed by atoms with Crippen LogP contribution in [0.3, 0.4) is 0 Å². The number of aryl methyl sites for hydroxylation is 1. The first-order chi connectivity index (χ1) is 6.69. The van der Waals surface area contributed by atoms with Crippen LogP contribution in [0.1, 0.15) is 25.8 Å². The normalized spacial score (nSPS) is 10.1. The van der Waals surface area contributed by atoms with Crippen LogP contribution in [-0.2, 0) is 6.42 Å². The van der Waals surface area contributed by atoms with Gasteiger partial charge in [0.05, 0.1) is 12.3 Å². The summed E-state index contributed by atoms with van der Waals surface area (Å²) in [6.45, 7) is 4.70. The second-order valence-corrected chi connectivity index (χ2v) is 3.28. The molecule has 0 aromatic heterocycles. The van der Waals surface area contributed by atoms with Gasteiger partial charge >= 0.3 is 0 Å². The quantitative estimate of drug-likeness (QED) is 0.722. The Bertz CT molecular complexity index is 310. The monoisotopic (exact) mass is 194 g/mol. The molecule has 0 aliphatic rings. The van der Waals surface area contributed by atoms with Gasteiger partial charge < -0.3 is 16.2 Å². The minimum absolute atomic E-state index is 0.630. The maximum Gasteiger partial charge on any atom is 0.145 e. The van der Waals surface area contributed by atoms with Crippen molar-refractivity contribution in [2.45, 2.75) is 26.7 Å². The standard InChI is InChI=1S/C11H18N2O/c1-3-5-8-6-9(12)7-10(13)11(8)14-4-2/h6-7H,3-5,12-13H2,1-2H3. The van der Waals surface area contributed by atoms with Crippen molar-refractivity contribution < 1.29 is 4.74 Å². The van der Waals surface area contributed by atoms with Crippen molar-refractivity contribution in [3.05, 3.63) is 17.7 Å². The van der Waals surface area contributed by atoms with Crippen molar-refractivity contribution in [2.24, 2.45) is 0 Å². The molecule has 0 unspecified atom stereocenters. The second-order valence-electron chi connectivity index (χ2n) is 3.28. The van der Waals surface area contributed by atoms with Gasteiger partial charge in [-0.05, 0) is 31.0 Å². The molecule has 1 rings (SSSR count). The van der Waals surface area contributed by atoms with Crippen LogP contribution in [0.2, 0.25) is 0 Å². The van der Waals surface area contributed by atoms with Gasteiger partial charge in [0.15, 0.2) is 0 Å². The summed E-state index contributed by atoms with van der Waals surface area (Å²) in [4.78, 5) is 0. The van der Waals surface area contributed by atoms with Crippen LogP contribution in [0, 0.1) is 0 Å². The summed E-state index contributed by atoms with van der Waals surface area (Å²) in [5.74, 6) is 0.795. The lowest BCUT2D eigenvalue weighted by Crippen LogP contribution is -2.02. The zero-order valence-electron chi connectivity index (χ0n) is 8.84. The predicted molar refractivity (Wildman–Crippen MR) is 60.4 cm³/mol. The lowest BCUT2D eigenvalue weighted by molar-refractivity contribution is 0.338. The molecule has 0 amide bonds. The molecule has 3 nitrogen and oxygen atoms in total. The van der Waals surface area contributed by atoms with Gasteiger partial charge in [0.2, 0.25) is 0 Å². The molecule has 14 heavy (non-hydrogen) atoms. The van der Waals surface area contributed by atoms with E-state index in [-0.39, 0.29) is 0 Å². The van der Waals surface area contributed by atoms with Gasteiger partial charge in [-0.25, -0.2) is 0 Å². The third-order valence-electron chi connectivity index (χ3n) is 2.02. The Morgan fingerprint density at radius 3 is 2.50 bits per heavy atom. The Labute approximate surface area is 85.0 Å². The van der Waals surface area contributed by atoms with Gasteiger partial charge in [0, 0.05) is 5.69 Å². The minimum Gasteiger partial charge on any atom is -0.491 e. The maximum atomic E-state index is 5.83. The average molecular weight is 194 g/mol. The number of hydrogen-bond acceptors (Lipinski definition) is 3. The third kappa shape index (κ3) is 2.31. The van der Waals surface area contributed by atoms with Crippen LogP contribution >= 0.6 is 0 Å². The van der Waals surface area contributed by atoms with E-state index in [4.69, 9.17) is 16.2 Å². The number of benzene rings is 1. The highest BCUT2D eigenvalue weighted by molar-refractivity contribution is 5.64. The molecular formula is C11H18N2O. The van der Waals surface area contributed by atoms with Gasteiger partial charge in [-0.15, -0.1) is 0 Å². The van der Waals surface area contributed by atoms with Crippen LogP contribution in [0.4, 0.5) is 11.4 Å². The molecule has 0 saturated carbocycles. The number of hydrogen-bond donors (Lipinski definition) is 2. The number of nitrogen functional groups attached to an aromatic ring is 2. The molecule has 1 aromatic rings. The van der Waals surface area contributed by atoms with Crippen LogP contribution < -0.4 is 16.2 Å². The summed E-state index contributed by atoms with van der Waals surface area (Å²) in [6, 6.07) is 3.68. The van der Waals surface area contributed by atoms with Crippen LogP contribution in [0.15, 0.2) is 12.1 Å². The maximum absolute atomic E-state index is 5.83. The van der Waals surface area contributed by atoms with E-state index in [2.05, 4.69) is 6.92 Å². The Hall–Kier alpha value is -1.38. The summed E-state index contributed by atoms with van der Waals surface area (Å²) < 4.78 is 5.49. The molecule has 0 heterocycles. The summed E-state index contributed by atoms with van der Waals surface area (Å²) >= 11 is 0. The van der Waals surface area contributed by atoms with Crippen LogP contribution in [-0.4, -0.2) is 6.61 Å². The molecule has 4 N–H and O–H groups in total. The van der Waals surface area contributed by atoms with Gasteiger partial charge in [-0.2, -0.15) is 0 Å². The first kappa shape index (κ1) is 10.7. The first-order valence-corrected chi connectivity index (χ1v) is 4.99. The Morgan fingerprint density at radius 2 is 1.93 bits per heavy atom. The fourth-order valence-corrected chi connectivity index (χ4v) is 1.51. The van der Waals surface area contributed by atoms with E-state index in [1.165, 1.54) is 0 Å². The highest BCUT2D eigenvalue weighted by Crippen LogP contribution is 2.30. The Kier molecular flexibility index (Phi) is 3.63. The van der Waals surface area contributed by atoms with Crippen LogP contribution in [0.25, 0.3) is 0 Å². The summed E-state index contributed by atoms with van der Waals surface area (Å²) in [6.07, 6.45) is 2.01. The number of anilines is 2. The molecule has 0 bridgehead atoms. The van der Waals surface area contributed by atoms with E-state index in [1.807, 2.05) is 13.0 Å². The molecule has 0 spiro atoms. The topological polar surface area (TPSA) is 61.3 Å². The molecule has 3 heteroatoms. The van der Waals surface area contributed by atoms with Crippen molar-refractivity contribution in [2.75, 3.05) is 18.1 Å². The van der Waals surface area contributed by atoms with Crippen molar-refractivity contribution in [3.63, 3.8) is 0 Å². The molecule has 0 aliphatic heterocycles. The second kappa shape index (κ2) is 4.74. The molecule has 1 aromatic carbocycles. The smallest absolute Gasteiger partial charge is 0.145 e. The first-order valence-electron chi connectivity index (χ1n) is 4.99. The largest absolute Gasteiger partial charge is 0.491 e. The third-order valence-corrected chi connectivity index (χ3v) is 2.02. The molecule has 0 fully saturated rings. The summed E-state index contributed by atoms with van der Waals surface area (Å²) in [5.41, 5.74) is 14.0.